The second kappa shape index (κ2) is 7.84. The molecule has 0 aromatic heterocycles. The van der Waals surface area contributed by atoms with Crippen molar-refractivity contribution < 1.29 is 23.5 Å². The van der Waals surface area contributed by atoms with Gasteiger partial charge in [-0.15, -0.1) is 0 Å². The number of rotatable bonds is 5. The minimum atomic E-state index is -2.06. The van der Waals surface area contributed by atoms with E-state index in [1.807, 2.05) is 68.4 Å². The van der Waals surface area contributed by atoms with Gasteiger partial charge < -0.3 is 14.4 Å². The summed E-state index contributed by atoms with van der Waals surface area (Å²) in [4.78, 5) is 27.5. The fraction of sp³-hybridized carbons (Fsp3) is 0.417. The Morgan fingerprint density at radius 3 is 2.53 bits per heavy atom. The quantitative estimate of drug-likeness (QED) is 0.706. The number of methoxy groups -OCH3 is 1. The Kier molecular flexibility index (Phi) is 5.36. The summed E-state index contributed by atoms with van der Waals surface area (Å²) in [7, 11) is 1.13. The molecule has 2 aromatic carbocycles. The molecule has 0 bridgehead atoms. The average Bonchev–Trinajstić information content (AvgIpc) is 3.21. The molecule has 5 nitrogen and oxygen atoms in total. The second-order valence-electron chi connectivity index (χ2n) is 8.38. The summed E-state index contributed by atoms with van der Waals surface area (Å²) in [5.74, 6) is -2.68. The Morgan fingerprint density at radius 1 is 1.17 bits per heavy atom. The molecule has 6 heteroatoms. The van der Waals surface area contributed by atoms with Crippen molar-refractivity contribution in [2.45, 2.75) is 50.7 Å². The molecule has 0 saturated carbocycles. The SMILES string of the molecule is COC(=O)[C@H](F)[C@@H](Cc1ccccc1)C(=O)N1[C@H]2c3ccccc3C[C@H]2OC1(C)C. The zero-order valence-electron chi connectivity index (χ0n) is 17.4. The van der Waals surface area contributed by atoms with Crippen molar-refractivity contribution in [3.05, 3.63) is 71.3 Å². The molecule has 4 atom stereocenters. The highest BCUT2D eigenvalue weighted by molar-refractivity contribution is 5.88. The van der Waals surface area contributed by atoms with Gasteiger partial charge in [0.15, 0.2) is 0 Å². The minimum absolute atomic E-state index is 0.0988. The Morgan fingerprint density at radius 2 is 1.83 bits per heavy atom. The number of amides is 1. The van der Waals surface area contributed by atoms with Gasteiger partial charge in [-0.1, -0.05) is 54.6 Å². The molecule has 1 aliphatic carbocycles. The van der Waals surface area contributed by atoms with Gasteiger partial charge in [0, 0.05) is 6.42 Å². The van der Waals surface area contributed by atoms with Gasteiger partial charge in [-0.25, -0.2) is 9.18 Å². The molecule has 0 N–H and O–H groups in total. The lowest BCUT2D eigenvalue weighted by atomic mass is 9.91. The zero-order chi connectivity index (χ0) is 21.5. The van der Waals surface area contributed by atoms with Crippen molar-refractivity contribution in [3.63, 3.8) is 0 Å². The van der Waals surface area contributed by atoms with Crippen LogP contribution in [0, 0.1) is 5.92 Å². The summed E-state index contributed by atoms with van der Waals surface area (Å²) in [6.45, 7) is 3.63. The van der Waals surface area contributed by atoms with Crippen molar-refractivity contribution in [3.8, 4) is 0 Å². The number of hydrogen-bond acceptors (Lipinski definition) is 4. The molecule has 0 spiro atoms. The van der Waals surface area contributed by atoms with Crippen molar-refractivity contribution in [2.75, 3.05) is 7.11 Å². The molecule has 4 rings (SSSR count). The number of alkyl halides is 1. The molecule has 1 fully saturated rings. The number of ether oxygens (including phenoxy) is 2. The predicted octanol–water partition coefficient (Wildman–Crippen LogP) is 3.62. The smallest absolute Gasteiger partial charge is 0.341 e. The lowest BCUT2D eigenvalue weighted by Crippen LogP contribution is -2.50. The minimum Gasteiger partial charge on any atom is -0.467 e. The molecule has 0 unspecified atom stereocenters. The monoisotopic (exact) mass is 411 g/mol. The highest BCUT2D eigenvalue weighted by atomic mass is 19.1. The molecular weight excluding hydrogens is 385 g/mol. The van der Waals surface area contributed by atoms with E-state index >= 15 is 4.39 Å². The van der Waals surface area contributed by atoms with Gasteiger partial charge in [0.25, 0.3) is 0 Å². The van der Waals surface area contributed by atoms with Gasteiger partial charge in [-0.3, -0.25) is 4.79 Å². The first kappa shape index (κ1) is 20.5. The maximum Gasteiger partial charge on any atom is 0.341 e. The van der Waals surface area contributed by atoms with E-state index in [9.17, 15) is 9.59 Å². The fourth-order valence-corrected chi connectivity index (χ4v) is 4.75. The molecule has 1 amide bonds. The van der Waals surface area contributed by atoms with E-state index in [-0.39, 0.29) is 18.6 Å². The molecular formula is C24H26FNO4. The van der Waals surface area contributed by atoms with Crippen LogP contribution < -0.4 is 0 Å². The third-order valence-electron chi connectivity index (χ3n) is 6.08. The Bertz CT molecular complexity index is 945. The van der Waals surface area contributed by atoms with Crippen LogP contribution in [0.1, 0.15) is 36.6 Å². The van der Waals surface area contributed by atoms with Crippen LogP contribution in [-0.2, 0) is 31.9 Å². The maximum absolute atomic E-state index is 15.2. The maximum atomic E-state index is 15.2. The summed E-state index contributed by atoms with van der Waals surface area (Å²) in [6, 6.07) is 16.8. The number of nitrogens with zero attached hydrogens (tertiary/aromatic N) is 1. The van der Waals surface area contributed by atoms with Gasteiger partial charge >= 0.3 is 5.97 Å². The van der Waals surface area contributed by atoms with Crippen molar-refractivity contribution in [1.29, 1.82) is 0 Å². The Labute approximate surface area is 175 Å². The third kappa shape index (κ3) is 3.49. The second-order valence-corrected chi connectivity index (χ2v) is 8.38. The highest BCUT2D eigenvalue weighted by Crippen LogP contribution is 2.49. The summed E-state index contributed by atoms with van der Waals surface area (Å²) < 4.78 is 26.0. The Hall–Kier alpha value is -2.73. The number of halogens is 1. The summed E-state index contributed by atoms with van der Waals surface area (Å²) in [5.41, 5.74) is 2.02. The van der Waals surface area contributed by atoms with Crippen LogP contribution >= 0.6 is 0 Å². The van der Waals surface area contributed by atoms with Crippen LogP contribution in [0.2, 0.25) is 0 Å². The highest BCUT2D eigenvalue weighted by Gasteiger charge is 2.55. The number of carbonyl (C=O) groups excluding carboxylic acids is 2. The molecule has 30 heavy (non-hydrogen) atoms. The standard InChI is InChI=1S/C24H26FNO4/c1-24(2)26(21-17-12-8-7-11-16(17)14-19(21)30-24)22(27)18(20(25)23(28)29-3)13-15-9-5-4-6-10-15/h4-12,18-21H,13-14H2,1-3H3/t18-,19-,20-,21+/m1/s1. The molecule has 1 heterocycles. The lowest BCUT2D eigenvalue weighted by Gasteiger charge is -2.37. The number of carbonyl (C=O) groups is 2. The van der Waals surface area contributed by atoms with E-state index in [0.717, 1.165) is 23.8 Å². The molecule has 2 aliphatic rings. The van der Waals surface area contributed by atoms with E-state index in [1.165, 1.54) is 0 Å². The van der Waals surface area contributed by atoms with Gasteiger partial charge in [-0.2, -0.15) is 0 Å². The van der Waals surface area contributed by atoms with Crippen LogP contribution in [0.25, 0.3) is 0 Å². The average molecular weight is 411 g/mol. The van der Waals surface area contributed by atoms with Crippen molar-refractivity contribution in [2.24, 2.45) is 5.92 Å². The fourth-order valence-electron chi connectivity index (χ4n) is 4.75. The normalized spacial score (nSPS) is 23.4. The molecule has 2 aromatic rings. The Balaban J connectivity index is 1.71. The van der Waals surface area contributed by atoms with Gasteiger partial charge in [0.2, 0.25) is 12.1 Å². The van der Waals surface area contributed by atoms with Crippen molar-refractivity contribution >= 4 is 11.9 Å². The van der Waals surface area contributed by atoms with E-state index in [1.54, 1.807) is 4.90 Å². The molecule has 1 aliphatic heterocycles. The summed E-state index contributed by atoms with van der Waals surface area (Å²) in [5, 5.41) is 0. The predicted molar refractivity (Wildman–Crippen MR) is 109 cm³/mol. The first-order valence-corrected chi connectivity index (χ1v) is 10.2. The number of benzene rings is 2. The van der Waals surface area contributed by atoms with Gasteiger partial charge in [-0.05, 0) is 37.0 Å². The topological polar surface area (TPSA) is 55.8 Å². The lowest BCUT2D eigenvalue weighted by molar-refractivity contribution is -0.162. The number of hydrogen-bond donors (Lipinski definition) is 0. The first-order chi connectivity index (χ1) is 14.3. The summed E-state index contributed by atoms with van der Waals surface area (Å²) in [6.07, 6.45) is -1.45. The summed E-state index contributed by atoms with van der Waals surface area (Å²) >= 11 is 0. The van der Waals surface area contributed by atoms with E-state index < -0.39 is 29.7 Å². The van der Waals surface area contributed by atoms with Crippen LogP contribution in [-0.4, -0.2) is 41.9 Å². The van der Waals surface area contributed by atoms with Gasteiger partial charge in [0.05, 0.1) is 25.2 Å². The van der Waals surface area contributed by atoms with Crippen LogP contribution in [0.5, 0.6) is 0 Å². The van der Waals surface area contributed by atoms with E-state index in [4.69, 9.17) is 4.74 Å². The number of esters is 1. The zero-order valence-corrected chi connectivity index (χ0v) is 17.4. The molecule has 0 radical (unpaired) electrons. The van der Waals surface area contributed by atoms with Crippen LogP contribution in [0.15, 0.2) is 54.6 Å². The van der Waals surface area contributed by atoms with Crippen molar-refractivity contribution in [1.82, 2.24) is 4.90 Å². The van der Waals surface area contributed by atoms with Gasteiger partial charge in [0.1, 0.15) is 5.72 Å². The van der Waals surface area contributed by atoms with Crippen LogP contribution in [0.4, 0.5) is 4.39 Å². The molecule has 158 valence electrons. The van der Waals surface area contributed by atoms with Crippen LogP contribution in [0.3, 0.4) is 0 Å². The third-order valence-corrected chi connectivity index (χ3v) is 6.08. The first-order valence-electron chi connectivity index (χ1n) is 10.2. The number of fused-ring (bicyclic) bond motifs is 3. The van der Waals surface area contributed by atoms with E-state index in [0.29, 0.717) is 6.42 Å². The molecule has 1 saturated heterocycles. The van der Waals surface area contributed by atoms with E-state index in [2.05, 4.69) is 4.74 Å². The largest absolute Gasteiger partial charge is 0.467 e.